The third kappa shape index (κ3) is 6.84. The van der Waals surface area contributed by atoms with Gasteiger partial charge in [-0.3, -0.25) is 9.79 Å². The molecule has 4 N–H and O–H groups in total. The number of carbonyl (C=O) groups excluding carboxylic acids is 1. The Kier molecular flexibility index (Phi) is 7.94. The molecule has 0 aliphatic heterocycles. The summed E-state index contributed by atoms with van der Waals surface area (Å²) in [5, 5.41) is 0. The van der Waals surface area contributed by atoms with Crippen molar-refractivity contribution in [2.24, 2.45) is 28.3 Å². The van der Waals surface area contributed by atoms with Crippen LogP contribution in [0.3, 0.4) is 0 Å². The quantitative estimate of drug-likeness (QED) is 0.489. The fourth-order valence-electron chi connectivity index (χ4n) is 4.59. The number of carbonyl (C=O) groups is 1. The van der Waals surface area contributed by atoms with E-state index < -0.39 is 0 Å². The van der Waals surface area contributed by atoms with Gasteiger partial charge in [0.1, 0.15) is 0 Å². The van der Waals surface area contributed by atoms with Crippen LogP contribution < -0.4 is 11.5 Å². The van der Waals surface area contributed by atoms with E-state index in [9.17, 15) is 4.79 Å². The van der Waals surface area contributed by atoms with Gasteiger partial charge in [-0.1, -0.05) is 69.7 Å². The summed E-state index contributed by atoms with van der Waals surface area (Å²) in [5.74, 6) is 1.20. The lowest BCUT2D eigenvalue weighted by Crippen LogP contribution is -2.37. The molecular weight excluding hydrogens is 396 g/mol. The van der Waals surface area contributed by atoms with Crippen molar-refractivity contribution in [3.63, 3.8) is 0 Å². The van der Waals surface area contributed by atoms with Gasteiger partial charge < -0.3 is 16.4 Å². The van der Waals surface area contributed by atoms with Gasteiger partial charge in [-0.15, -0.1) is 0 Å². The highest BCUT2D eigenvalue weighted by atomic mass is 16.2. The molecule has 1 aliphatic carbocycles. The van der Waals surface area contributed by atoms with Crippen LogP contribution in [-0.2, 0) is 12.0 Å². The minimum Gasteiger partial charge on any atom is -0.370 e. The van der Waals surface area contributed by atoms with Crippen molar-refractivity contribution in [1.29, 1.82) is 0 Å². The van der Waals surface area contributed by atoms with E-state index in [0.717, 1.165) is 43.4 Å². The maximum Gasteiger partial charge on any atom is 0.254 e. The van der Waals surface area contributed by atoms with Gasteiger partial charge in [-0.25, -0.2) is 0 Å². The van der Waals surface area contributed by atoms with E-state index in [-0.39, 0.29) is 17.3 Å². The zero-order valence-electron chi connectivity index (χ0n) is 19.8. The first-order valence-electron chi connectivity index (χ1n) is 11.7. The maximum atomic E-state index is 13.4. The lowest BCUT2D eigenvalue weighted by atomic mass is 9.81. The van der Waals surface area contributed by atoms with Crippen LogP contribution in [0.4, 0.5) is 0 Å². The molecule has 32 heavy (non-hydrogen) atoms. The molecular formula is C27H38N4O. The molecule has 0 spiro atoms. The summed E-state index contributed by atoms with van der Waals surface area (Å²) in [4.78, 5) is 19.7. The number of benzene rings is 2. The predicted molar refractivity (Wildman–Crippen MR) is 132 cm³/mol. The van der Waals surface area contributed by atoms with E-state index in [0.29, 0.717) is 24.9 Å². The van der Waals surface area contributed by atoms with Crippen LogP contribution in [0, 0.1) is 11.8 Å². The topological polar surface area (TPSA) is 84.7 Å². The van der Waals surface area contributed by atoms with Crippen molar-refractivity contribution in [3.8, 4) is 0 Å². The molecule has 1 amide bonds. The minimum absolute atomic E-state index is 0.0943. The number of guanidine groups is 1. The van der Waals surface area contributed by atoms with Crippen molar-refractivity contribution in [2.75, 3.05) is 13.1 Å². The van der Waals surface area contributed by atoms with Crippen LogP contribution in [0.25, 0.3) is 0 Å². The van der Waals surface area contributed by atoms with Crippen LogP contribution in [0.1, 0.15) is 67.9 Å². The first-order valence-corrected chi connectivity index (χ1v) is 11.7. The fraction of sp³-hybridized carbons (Fsp3) is 0.481. The van der Waals surface area contributed by atoms with Crippen molar-refractivity contribution >= 4 is 11.9 Å². The predicted octanol–water partition coefficient (Wildman–Crippen LogP) is 4.71. The minimum atomic E-state index is 0.0943. The largest absolute Gasteiger partial charge is 0.370 e. The number of hydrogen-bond donors (Lipinski definition) is 2. The second kappa shape index (κ2) is 10.7. The number of aliphatic imine (C=N–C) groups is 1. The van der Waals surface area contributed by atoms with E-state index in [4.69, 9.17) is 11.5 Å². The van der Waals surface area contributed by atoms with Crippen LogP contribution in [0.15, 0.2) is 59.6 Å². The molecule has 1 fully saturated rings. The van der Waals surface area contributed by atoms with Gasteiger partial charge in [-0.05, 0) is 59.8 Å². The molecule has 1 aliphatic rings. The summed E-state index contributed by atoms with van der Waals surface area (Å²) in [5.41, 5.74) is 14.4. The molecule has 2 unspecified atom stereocenters. The summed E-state index contributed by atoms with van der Waals surface area (Å²) in [6, 6.07) is 18.3. The molecule has 5 nitrogen and oxygen atoms in total. The Hall–Kier alpha value is -2.82. The van der Waals surface area contributed by atoms with Crippen molar-refractivity contribution in [2.45, 2.75) is 58.4 Å². The van der Waals surface area contributed by atoms with Crippen molar-refractivity contribution in [1.82, 2.24) is 4.90 Å². The average Bonchev–Trinajstić information content (AvgIpc) is 2.77. The van der Waals surface area contributed by atoms with Gasteiger partial charge in [0.25, 0.3) is 5.91 Å². The fourth-order valence-corrected chi connectivity index (χ4v) is 4.59. The summed E-state index contributed by atoms with van der Waals surface area (Å²) in [7, 11) is 0. The number of nitrogens with zero attached hydrogens (tertiary/aromatic N) is 2. The molecule has 172 valence electrons. The molecule has 0 bridgehead atoms. The van der Waals surface area contributed by atoms with Crippen LogP contribution in [0.5, 0.6) is 0 Å². The van der Waals surface area contributed by atoms with Gasteiger partial charge in [0.2, 0.25) is 0 Å². The second-order valence-corrected chi connectivity index (χ2v) is 10.2. The van der Waals surface area contributed by atoms with Gasteiger partial charge in [0.15, 0.2) is 5.96 Å². The van der Waals surface area contributed by atoms with Crippen molar-refractivity contribution in [3.05, 3.63) is 71.3 Å². The molecule has 0 radical (unpaired) electrons. The van der Waals surface area contributed by atoms with E-state index in [2.05, 4.69) is 50.0 Å². The van der Waals surface area contributed by atoms with E-state index in [1.807, 2.05) is 35.2 Å². The third-order valence-electron chi connectivity index (χ3n) is 6.40. The number of rotatable bonds is 7. The summed E-state index contributed by atoms with van der Waals surface area (Å²) in [6.45, 7) is 8.71. The Morgan fingerprint density at radius 2 is 1.66 bits per heavy atom. The number of hydrogen-bond acceptors (Lipinski definition) is 2. The molecule has 0 aromatic heterocycles. The lowest BCUT2D eigenvalue weighted by molar-refractivity contribution is 0.0687. The molecule has 3 rings (SSSR count). The smallest absolute Gasteiger partial charge is 0.254 e. The Labute approximate surface area is 192 Å². The Morgan fingerprint density at radius 3 is 2.28 bits per heavy atom. The Bertz CT molecular complexity index is 896. The van der Waals surface area contributed by atoms with Crippen LogP contribution in [-0.4, -0.2) is 29.9 Å². The average molecular weight is 435 g/mol. The highest BCUT2D eigenvalue weighted by molar-refractivity contribution is 5.94. The third-order valence-corrected chi connectivity index (χ3v) is 6.40. The highest BCUT2D eigenvalue weighted by Crippen LogP contribution is 2.31. The molecule has 2 atom stereocenters. The molecule has 0 saturated heterocycles. The van der Waals surface area contributed by atoms with Gasteiger partial charge in [0.05, 0.1) is 0 Å². The summed E-state index contributed by atoms with van der Waals surface area (Å²) < 4.78 is 0. The first kappa shape index (κ1) is 23.8. The lowest BCUT2D eigenvalue weighted by Gasteiger charge is -2.33. The number of nitrogens with two attached hydrogens (primary N) is 2. The SMILES string of the molecule is CC(C)(C)c1ccc(CN(CC2CCCC(CN=C(N)N)C2)C(=O)c2ccccc2)cc1. The van der Waals surface area contributed by atoms with Crippen molar-refractivity contribution < 1.29 is 4.79 Å². The standard InChI is InChI=1S/C27H38N4O/c1-27(2,3)24-14-12-20(13-15-24)18-31(25(32)23-10-5-4-6-11-23)19-22-9-7-8-21(16-22)17-30-26(28)29/h4-6,10-15,21-22H,7-9,16-19H2,1-3H3,(H4,28,29,30). The molecule has 5 heteroatoms. The second-order valence-electron chi connectivity index (χ2n) is 10.2. The zero-order chi connectivity index (χ0) is 23.1. The van der Waals surface area contributed by atoms with E-state index in [1.54, 1.807) is 0 Å². The van der Waals surface area contributed by atoms with Gasteiger partial charge >= 0.3 is 0 Å². The monoisotopic (exact) mass is 434 g/mol. The first-order chi connectivity index (χ1) is 15.2. The van der Waals surface area contributed by atoms with Gasteiger partial charge in [-0.2, -0.15) is 0 Å². The normalized spacial score (nSPS) is 18.7. The molecule has 2 aromatic carbocycles. The Balaban J connectivity index is 1.75. The summed E-state index contributed by atoms with van der Waals surface area (Å²) >= 11 is 0. The zero-order valence-corrected chi connectivity index (χ0v) is 19.8. The maximum absolute atomic E-state index is 13.4. The van der Waals surface area contributed by atoms with E-state index in [1.165, 1.54) is 5.56 Å². The summed E-state index contributed by atoms with van der Waals surface area (Å²) in [6.07, 6.45) is 4.50. The molecule has 2 aromatic rings. The number of amides is 1. The molecule has 1 saturated carbocycles. The van der Waals surface area contributed by atoms with Crippen LogP contribution >= 0.6 is 0 Å². The van der Waals surface area contributed by atoms with Crippen LogP contribution in [0.2, 0.25) is 0 Å². The Morgan fingerprint density at radius 1 is 1.00 bits per heavy atom. The van der Waals surface area contributed by atoms with E-state index >= 15 is 0 Å². The van der Waals surface area contributed by atoms with Gasteiger partial charge in [0, 0.05) is 25.2 Å². The molecule has 0 heterocycles. The highest BCUT2D eigenvalue weighted by Gasteiger charge is 2.26.